The molecular formula is C24H27N3O2. The van der Waals surface area contributed by atoms with E-state index in [1.165, 1.54) is 0 Å². The zero-order valence-electron chi connectivity index (χ0n) is 16.8. The molecular weight excluding hydrogens is 362 g/mol. The van der Waals surface area contributed by atoms with Gasteiger partial charge in [-0.3, -0.25) is 9.59 Å². The first kappa shape index (κ1) is 19.2. The van der Waals surface area contributed by atoms with Crippen molar-refractivity contribution in [3.05, 3.63) is 71.4 Å². The highest BCUT2D eigenvalue weighted by atomic mass is 16.2. The molecule has 1 atom stereocenters. The molecule has 0 bridgehead atoms. The first-order chi connectivity index (χ1) is 14.1. The third-order valence-electron chi connectivity index (χ3n) is 5.65. The summed E-state index contributed by atoms with van der Waals surface area (Å²) in [6.07, 6.45) is 5.62. The normalized spacial score (nSPS) is 15.3. The Hall–Kier alpha value is -3.08. The lowest BCUT2D eigenvalue weighted by atomic mass is 10.0. The molecule has 2 heterocycles. The Balaban J connectivity index is 1.59. The van der Waals surface area contributed by atoms with Gasteiger partial charge in [-0.15, -0.1) is 0 Å². The number of para-hydroxylation sites is 1. The highest BCUT2D eigenvalue weighted by molar-refractivity contribution is 5.98. The standard InChI is InChI=1S/C24H27N3O2/c1-17-8-7-9-18(14-17)23(28)26-22(24(29)27-12-5-2-6-13-27)15-19-16-25-21-11-4-3-10-20(19)21/h3-4,7-11,14,16,22,25H,2,5-6,12-13,15H2,1H3,(H,26,28)/t22-/m0/s1. The summed E-state index contributed by atoms with van der Waals surface area (Å²) in [6.45, 7) is 3.49. The first-order valence-electron chi connectivity index (χ1n) is 10.3. The average Bonchev–Trinajstić information content (AvgIpc) is 3.16. The fourth-order valence-electron chi connectivity index (χ4n) is 4.08. The molecule has 0 saturated carbocycles. The van der Waals surface area contributed by atoms with Crippen LogP contribution in [0, 0.1) is 6.92 Å². The minimum atomic E-state index is -0.583. The average molecular weight is 389 g/mol. The van der Waals surface area contributed by atoms with Crippen LogP contribution in [0.3, 0.4) is 0 Å². The number of carbonyl (C=O) groups is 2. The van der Waals surface area contributed by atoms with Gasteiger partial charge in [-0.05, 0) is 49.9 Å². The fraction of sp³-hybridized carbons (Fsp3) is 0.333. The van der Waals surface area contributed by atoms with Crippen LogP contribution in [0.25, 0.3) is 10.9 Å². The maximum Gasteiger partial charge on any atom is 0.251 e. The van der Waals surface area contributed by atoms with Gasteiger partial charge in [0, 0.05) is 42.2 Å². The van der Waals surface area contributed by atoms with Crippen LogP contribution < -0.4 is 5.32 Å². The first-order valence-corrected chi connectivity index (χ1v) is 10.3. The number of likely N-dealkylation sites (tertiary alicyclic amines) is 1. The topological polar surface area (TPSA) is 65.2 Å². The predicted molar refractivity (Wildman–Crippen MR) is 115 cm³/mol. The number of hydrogen-bond donors (Lipinski definition) is 2. The number of fused-ring (bicyclic) bond motifs is 1. The molecule has 4 rings (SSSR count). The van der Waals surface area contributed by atoms with Gasteiger partial charge in [-0.1, -0.05) is 35.9 Å². The second-order valence-electron chi connectivity index (χ2n) is 7.85. The monoisotopic (exact) mass is 389 g/mol. The smallest absolute Gasteiger partial charge is 0.251 e. The fourth-order valence-corrected chi connectivity index (χ4v) is 4.08. The molecule has 5 nitrogen and oxygen atoms in total. The molecule has 1 aliphatic rings. The Labute approximate surface area is 171 Å². The maximum atomic E-state index is 13.3. The van der Waals surface area contributed by atoms with Crippen LogP contribution in [0.15, 0.2) is 54.7 Å². The summed E-state index contributed by atoms with van der Waals surface area (Å²) < 4.78 is 0. The number of carbonyl (C=O) groups excluding carboxylic acids is 2. The molecule has 29 heavy (non-hydrogen) atoms. The van der Waals surface area contributed by atoms with Gasteiger partial charge in [-0.25, -0.2) is 0 Å². The van der Waals surface area contributed by atoms with Crippen LogP contribution in [0.4, 0.5) is 0 Å². The van der Waals surface area contributed by atoms with Crippen LogP contribution >= 0.6 is 0 Å². The van der Waals surface area contributed by atoms with Gasteiger partial charge in [0.2, 0.25) is 5.91 Å². The van der Waals surface area contributed by atoms with E-state index in [0.29, 0.717) is 12.0 Å². The molecule has 150 valence electrons. The van der Waals surface area contributed by atoms with Crippen molar-refractivity contribution in [3.8, 4) is 0 Å². The zero-order valence-corrected chi connectivity index (χ0v) is 16.8. The number of piperidine rings is 1. The molecule has 2 amide bonds. The van der Waals surface area contributed by atoms with Gasteiger partial charge < -0.3 is 15.2 Å². The van der Waals surface area contributed by atoms with E-state index in [4.69, 9.17) is 0 Å². The number of nitrogens with zero attached hydrogens (tertiary/aromatic N) is 1. The van der Waals surface area contributed by atoms with Crippen LogP contribution in [0.1, 0.15) is 40.7 Å². The third kappa shape index (κ3) is 4.34. The van der Waals surface area contributed by atoms with Crippen LogP contribution in [-0.4, -0.2) is 40.8 Å². The predicted octanol–water partition coefficient (Wildman–Crippen LogP) is 3.83. The van der Waals surface area contributed by atoms with Crippen LogP contribution in [-0.2, 0) is 11.2 Å². The molecule has 2 aromatic carbocycles. The van der Waals surface area contributed by atoms with Crippen molar-refractivity contribution in [1.82, 2.24) is 15.2 Å². The van der Waals surface area contributed by atoms with E-state index in [-0.39, 0.29) is 11.8 Å². The number of benzene rings is 2. The number of aryl methyl sites for hydroxylation is 1. The molecule has 0 radical (unpaired) electrons. The van der Waals surface area contributed by atoms with Gasteiger partial charge in [-0.2, -0.15) is 0 Å². The van der Waals surface area contributed by atoms with E-state index in [2.05, 4.69) is 10.3 Å². The molecule has 1 aliphatic heterocycles. The number of nitrogens with one attached hydrogen (secondary N) is 2. The second-order valence-corrected chi connectivity index (χ2v) is 7.85. The van der Waals surface area contributed by atoms with Crippen molar-refractivity contribution < 1.29 is 9.59 Å². The number of H-pyrrole nitrogens is 1. The van der Waals surface area contributed by atoms with E-state index in [9.17, 15) is 9.59 Å². The van der Waals surface area contributed by atoms with Crippen molar-refractivity contribution in [2.24, 2.45) is 0 Å². The van der Waals surface area contributed by atoms with Crippen molar-refractivity contribution >= 4 is 22.7 Å². The highest BCUT2D eigenvalue weighted by Gasteiger charge is 2.28. The lowest BCUT2D eigenvalue weighted by molar-refractivity contribution is -0.134. The Bertz CT molecular complexity index is 1020. The van der Waals surface area contributed by atoms with E-state index >= 15 is 0 Å². The SMILES string of the molecule is Cc1cccc(C(=O)N[C@@H](Cc2c[nH]c3ccccc23)C(=O)N2CCCCC2)c1. The Kier molecular flexibility index (Phi) is 5.65. The van der Waals surface area contributed by atoms with Gasteiger partial charge in [0.05, 0.1) is 0 Å². The third-order valence-corrected chi connectivity index (χ3v) is 5.65. The Morgan fingerprint density at radius 2 is 1.86 bits per heavy atom. The minimum absolute atomic E-state index is 0.0102. The van der Waals surface area contributed by atoms with Crippen molar-refractivity contribution in [2.45, 2.75) is 38.6 Å². The summed E-state index contributed by atoms with van der Waals surface area (Å²) in [6, 6.07) is 14.9. The largest absolute Gasteiger partial charge is 0.361 e. The summed E-state index contributed by atoms with van der Waals surface area (Å²) in [5.41, 5.74) is 3.69. The van der Waals surface area contributed by atoms with Crippen molar-refractivity contribution in [3.63, 3.8) is 0 Å². The number of rotatable bonds is 5. The molecule has 3 aromatic rings. The summed E-state index contributed by atoms with van der Waals surface area (Å²) in [5.74, 6) is -0.195. The molecule has 1 aromatic heterocycles. The Morgan fingerprint density at radius 1 is 1.07 bits per heavy atom. The number of aromatic amines is 1. The van der Waals surface area contributed by atoms with E-state index in [1.807, 2.05) is 60.5 Å². The van der Waals surface area contributed by atoms with Crippen LogP contribution in [0.5, 0.6) is 0 Å². The zero-order chi connectivity index (χ0) is 20.2. The minimum Gasteiger partial charge on any atom is -0.361 e. The quantitative estimate of drug-likeness (QED) is 0.696. The molecule has 0 aliphatic carbocycles. The lowest BCUT2D eigenvalue weighted by Crippen LogP contribution is -2.51. The molecule has 2 N–H and O–H groups in total. The highest BCUT2D eigenvalue weighted by Crippen LogP contribution is 2.20. The number of amides is 2. The molecule has 0 spiro atoms. The second kappa shape index (κ2) is 8.52. The molecule has 0 unspecified atom stereocenters. The summed E-state index contributed by atoms with van der Waals surface area (Å²) in [5, 5.41) is 4.11. The maximum absolute atomic E-state index is 13.3. The lowest BCUT2D eigenvalue weighted by Gasteiger charge is -2.31. The summed E-state index contributed by atoms with van der Waals surface area (Å²) >= 11 is 0. The van der Waals surface area contributed by atoms with E-state index < -0.39 is 6.04 Å². The number of hydrogen-bond acceptors (Lipinski definition) is 2. The molecule has 1 saturated heterocycles. The van der Waals surface area contributed by atoms with Crippen molar-refractivity contribution in [1.29, 1.82) is 0 Å². The van der Waals surface area contributed by atoms with Gasteiger partial charge in [0.1, 0.15) is 6.04 Å². The van der Waals surface area contributed by atoms with E-state index in [0.717, 1.165) is 54.4 Å². The molecule has 5 heteroatoms. The van der Waals surface area contributed by atoms with Gasteiger partial charge in [0.25, 0.3) is 5.91 Å². The van der Waals surface area contributed by atoms with E-state index in [1.54, 1.807) is 6.07 Å². The summed E-state index contributed by atoms with van der Waals surface area (Å²) in [7, 11) is 0. The Morgan fingerprint density at radius 3 is 2.66 bits per heavy atom. The summed E-state index contributed by atoms with van der Waals surface area (Å²) in [4.78, 5) is 31.4. The van der Waals surface area contributed by atoms with Crippen molar-refractivity contribution in [2.75, 3.05) is 13.1 Å². The number of aromatic nitrogens is 1. The van der Waals surface area contributed by atoms with Gasteiger partial charge in [0.15, 0.2) is 0 Å². The van der Waals surface area contributed by atoms with Gasteiger partial charge >= 0.3 is 0 Å². The van der Waals surface area contributed by atoms with Crippen LogP contribution in [0.2, 0.25) is 0 Å². The molecule has 1 fully saturated rings.